The minimum atomic E-state index is 1.24. The van der Waals surface area contributed by atoms with Crippen molar-refractivity contribution in [2.75, 3.05) is 0 Å². The topological polar surface area (TPSA) is 3.88 Å². The lowest BCUT2D eigenvalue weighted by atomic mass is 10.0. The summed E-state index contributed by atoms with van der Waals surface area (Å²) in [6, 6.07) is 23.3. The quantitative estimate of drug-likeness (QED) is 0.609. The molecule has 0 bridgehead atoms. The van der Waals surface area contributed by atoms with E-state index in [4.69, 9.17) is 0 Å². The van der Waals surface area contributed by atoms with Gasteiger partial charge in [0, 0.05) is 17.2 Å². The third-order valence-corrected chi connectivity index (χ3v) is 3.64. The van der Waals surface area contributed by atoms with E-state index in [1.807, 2.05) is 0 Å². The highest BCUT2D eigenvalue weighted by Gasteiger charge is 2.14. The largest absolute Gasteiger partial charge is 0.212 e. The molecule has 98 valence electrons. The van der Waals surface area contributed by atoms with E-state index in [0.717, 1.165) is 0 Å². The molecule has 0 aliphatic heterocycles. The van der Waals surface area contributed by atoms with Gasteiger partial charge in [0.2, 0.25) is 5.69 Å². The Hall–Kier alpha value is -2.41. The maximum atomic E-state index is 2.26. The van der Waals surface area contributed by atoms with Gasteiger partial charge in [0.05, 0.1) is 0 Å². The summed E-state index contributed by atoms with van der Waals surface area (Å²) in [7, 11) is 2.11. The highest BCUT2D eigenvalue weighted by molar-refractivity contribution is 5.68. The summed E-state index contributed by atoms with van der Waals surface area (Å²) < 4.78 is 2.20. The normalized spacial score (nSPS) is 10.5. The Morgan fingerprint density at radius 3 is 1.90 bits per heavy atom. The van der Waals surface area contributed by atoms with E-state index in [9.17, 15) is 0 Å². The number of aryl methyl sites for hydroxylation is 2. The Kier molecular flexibility index (Phi) is 3.34. The van der Waals surface area contributed by atoms with Gasteiger partial charge >= 0.3 is 0 Å². The van der Waals surface area contributed by atoms with Gasteiger partial charge in [-0.15, -0.1) is 0 Å². The maximum Gasteiger partial charge on any atom is 0.212 e. The van der Waals surface area contributed by atoms with Gasteiger partial charge in [-0.1, -0.05) is 48.5 Å². The van der Waals surface area contributed by atoms with Gasteiger partial charge in [-0.25, -0.2) is 4.57 Å². The van der Waals surface area contributed by atoms with Crippen LogP contribution in [0.15, 0.2) is 72.9 Å². The molecule has 0 amide bonds. The van der Waals surface area contributed by atoms with Gasteiger partial charge in [0.1, 0.15) is 7.05 Å². The molecule has 2 aromatic carbocycles. The van der Waals surface area contributed by atoms with Crippen molar-refractivity contribution < 1.29 is 4.57 Å². The van der Waals surface area contributed by atoms with Crippen LogP contribution in [0, 0.1) is 6.92 Å². The fourth-order valence-corrected chi connectivity index (χ4v) is 2.57. The Morgan fingerprint density at radius 2 is 1.30 bits per heavy atom. The second-order valence-electron chi connectivity index (χ2n) is 5.10. The standard InChI is InChI=1S/C19H18N/c1-15-13-19(17-11-7-4-8-12-17)20(2)14-18(15)16-9-5-3-6-10-16/h3-14H,1-2H3/q+1. The average molecular weight is 260 g/mol. The number of rotatable bonds is 2. The zero-order valence-corrected chi connectivity index (χ0v) is 11.9. The van der Waals surface area contributed by atoms with Gasteiger partial charge in [0.15, 0.2) is 6.20 Å². The molecule has 0 fully saturated rings. The molecule has 1 heteroatoms. The average Bonchev–Trinajstić information content (AvgIpc) is 2.51. The molecule has 0 atom stereocenters. The first-order valence-corrected chi connectivity index (χ1v) is 6.87. The predicted molar refractivity (Wildman–Crippen MR) is 83.2 cm³/mol. The summed E-state index contributed by atoms with van der Waals surface area (Å²) in [5.74, 6) is 0. The fraction of sp³-hybridized carbons (Fsp3) is 0.105. The second kappa shape index (κ2) is 5.30. The summed E-state index contributed by atoms with van der Waals surface area (Å²) in [4.78, 5) is 0. The summed E-state index contributed by atoms with van der Waals surface area (Å²) >= 11 is 0. The molecule has 3 rings (SSSR count). The molecule has 0 spiro atoms. The zero-order chi connectivity index (χ0) is 13.9. The Morgan fingerprint density at radius 1 is 0.750 bits per heavy atom. The fourth-order valence-electron chi connectivity index (χ4n) is 2.57. The van der Waals surface area contributed by atoms with Gasteiger partial charge in [0.25, 0.3) is 0 Å². The number of pyridine rings is 1. The van der Waals surface area contributed by atoms with E-state index < -0.39 is 0 Å². The van der Waals surface area contributed by atoms with Gasteiger partial charge in [-0.05, 0) is 30.2 Å². The summed E-state index contributed by atoms with van der Waals surface area (Å²) in [6.07, 6.45) is 2.22. The number of nitrogens with zero attached hydrogens (tertiary/aromatic N) is 1. The molecular formula is C19H18N+. The molecule has 1 aromatic heterocycles. The van der Waals surface area contributed by atoms with Crippen LogP contribution in [0.2, 0.25) is 0 Å². The molecule has 0 N–H and O–H groups in total. The lowest BCUT2D eigenvalue weighted by Crippen LogP contribution is -2.31. The summed E-state index contributed by atoms with van der Waals surface area (Å²) in [5, 5.41) is 0. The van der Waals surface area contributed by atoms with Crippen molar-refractivity contribution in [2.24, 2.45) is 7.05 Å². The molecule has 20 heavy (non-hydrogen) atoms. The van der Waals surface area contributed by atoms with Crippen LogP contribution >= 0.6 is 0 Å². The van der Waals surface area contributed by atoms with Crippen molar-refractivity contribution in [3.05, 3.63) is 78.5 Å². The maximum absolute atomic E-state index is 2.26. The molecule has 1 nitrogen and oxygen atoms in total. The minimum Gasteiger partial charge on any atom is -0.200 e. The van der Waals surface area contributed by atoms with Crippen molar-refractivity contribution in [1.82, 2.24) is 0 Å². The summed E-state index contributed by atoms with van der Waals surface area (Å²) in [5.41, 5.74) is 6.33. The first kappa shape index (κ1) is 12.6. The van der Waals surface area contributed by atoms with E-state index >= 15 is 0 Å². The van der Waals surface area contributed by atoms with Crippen molar-refractivity contribution in [3.63, 3.8) is 0 Å². The zero-order valence-electron chi connectivity index (χ0n) is 11.9. The predicted octanol–water partition coefficient (Wildman–Crippen LogP) is 4.15. The van der Waals surface area contributed by atoms with Crippen molar-refractivity contribution in [3.8, 4) is 22.4 Å². The van der Waals surface area contributed by atoms with E-state index in [-0.39, 0.29) is 0 Å². The smallest absolute Gasteiger partial charge is 0.200 e. The number of hydrogen-bond acceptors (Lipinski definition) is 0. The molecule has 0 unspecified atom stereocenters. The van der Waals surface area contributed by atoms with Crippen LogP contribution in [0.25, 0.3) is 22.4 Å². The van der Waals surface area contributed by atoms with Crippen molar-refractivity contribution in [2.45, 2.75) is 6.92 Å². The van der Waals surface area contributed by atoms with E-state index in [1.165, 1.54) is 27.9 Å². The van der Waals surface area contributed by atoms with Crippen LogP contribution in [0.5, 0.6) is 0 Å². The second-order valence-corrected chi connectivity index (χ2v) is 5.10. The van der Waals surface area contributed by atoms with Crippen molar-refractivity contribution >= 4 is 0 Å². The Balaban J connectivity index is 2.13. The molecule has 3 aromatic rings. The van der Waals surface area contributed by atoms with Gasteiger partial charge < -0.3 is 0 Å². The van der Waals surface area contributed by atoms with E-state index in [0.29, 0.717) is 0 Å². The first-order valence-electron chi connectivity index (χ1n) is 6.87. The van der Waals surface area contributed by atoms with Gasteiger partial charge in [-0.3, -0.25) is 0 Å². The molecule has 0 saturated heterocycles. The number of aromatic nitrogens is 1. The molecular weight excluding hydrogens is 242 g/mol. The van der Waals surface area contributed by atoms with Crippen LogP contribution in [-0.4, -0.2) is 0 Å². The van der Waals surface area contributed by atoms with E-state index in [2.05, 4.69) is 91.5 Å². The highest BCUT2D eigenvalue weighted by atomic mass is 14.9. The first-order chi connectivity index (χ1) is 9.75. The third-order valence-electron chi connectivity index (χ3n) is 3.64. The lowest BCUT2D eigenvalue weighted by molar-refractivity contribution is -0.659. The van der Waals surface area contributed by atoms with Crippen LogP contribution in [0.1, 0.15) is 5.56 Å². The van der Waals surface area contributed by atoms with Crippen LogP contribution < -0.4 is 4.57 Å². The van der Waals surface area contributed by atoms with Crippen LogP contribution in [0.4, 0.5) is 0 Å². The molecule has 0 aliphatic rings. The minimum absolute atomic E-state index is 1.24. The lowest BCUT2D eigenvalue weighted by Gasteiger charge is -2.07. The summed E-state index contributed by atoms with van der Waals surface area (Å²) in [6.45, 7) is 2.18. The molecule has 1 heterocycles. The number of hydrogen-bond donors (Lipinski definition) is 0. The molecule has 0 saturated carbocycles. The molecule has 0 aliphatic carbocycles. The number of benzene rings is 2. The van der Waals surface area contributed by atoms with E-state index in [1.54, 1.807) is 0 Å². The third kappa shape index (κ3) is 2.35. The van der Waals surface area contributed by atoms with Crippen LogP contribution in [-0.2, 0) is 7.05 Å². The highest BCUT2D eigenvalue weighted by Crippen LogP contribution is 2.25. The Labute approximate surface area is 120 Å². The van der Waals surface area contributed by atoms with Crippen LogP contribution in [0.3, 0.4) is 0 Å². The SMILES string of the molecule is Cc1cc(-c2ccccc2)[n+](C)cc1-c1ccccc1. The Bertz CT molecular complexity index is 650. The molecule has 0 radical (unpaired) electrons. The van der Waals surface area contributed by atoms with Gasteiger partial charge in [-0.2, -0.15) is 0 Å². The van der Waals surface area contributed by atoms with Crippen molar-refractivity contribution in [1.29, 1.82) is 0 Å². The monoisotopic (exact) mass is 260 g/mol.